The molecule has 1 rings (SSSR count). The fourth-order valence-electron chi connectivity index (χ4n) is 1.95. The molecular formula is C10H23N2P. The van der Waals surface area contributed by atoms with Gasteiger partial charge in [-0.05, 0) is 46.7 Å². The first-order chi connectivity index (χ1) is 6.09. The lowest BCUT2D eigenvalue weighted by Crippen LogP contribution is -2.46. The summed E-state index contributed by atoms with van der Waals surface area (Å²) in [6, 6.07) is 1.46. The molecule has 1 N–H and O–H groups in total. The lowest BCUT2D eigenvalue weighted by Gasteiger charge is -2.35. The number of hydrogen-bond acceptors (Lipinski definition) is 2. The maximum absolute atomic E-state index is 3.58. The van der Waals surface area contributed by atoms with E-state index in [9.17, 15) is 0 Å². The molecule has 0 aromatic heterocycles. The molecule has 2 unspecified atom stereocenters. The Morgan fingerprint density at radius 1 is 1.23 bits per heavy atom. The van der Waals surface area contributed by atoms with Crippen LogP contribution in [0.1, 0.15) is 33.6 Å². The third kappa shape index (κ3) is 3.93. The summed E-state index contributed by atoms with van der Waals surface area (Å²) in [7, 11) is 2.81. The zero-order valence-corrected chi connectivity index (χ0v) is 10.2. The fourth-order valence-corrected chi connectivity index (χ4v) is 2.23. The van der Waals surface area contributed by atoms with Crippen LogP contribution in [0, 0.1) is 0 Å². The van der Waals surface area contributed by atoms with E-state index < -0.39 is 0 Å². The van der Waals surface area contributed by atoms with Crippen molar-refractivity contribution in [2.45, 2.75) is 51.5 Å². The van der Waals surface area contributed by atoms with Crippen LogP contribution in [-0.2, 0) is 0 Å². The number of hydrogen-bond donors (Lipinski definition) is 1. The van der Waals surface area contributed by atoms with E-state index in [1.165, 1.54) is 25.9 Å². The first-order valence-corrected chi connectivity index (χ1v) is 6.02. The van der Waals surface area contributed by atoms with Crippen molar-refractivity contribution in [3.63, 3.8) is 0 Å². The largest absolute Gasteiger partial charge is 0.308 e. The smallest absolute Gasteiger partial charge is 0.0185 e. The van der Waals surface area contributed by atoms with E-state index >= 15 is 0 Å². The van der Waals surface area contributed by atoms with Gasteiger partial charge in [0.05, 0.1) is 0 Å². The molecule has 0 spiro atoms. The summed E-state index contributed by atoms with van der Waals surface area (Å²) in [6.45, 7) is 9.27. The van der Waals surface area contributed by atoms with Gasteiger partial charge in [-0.15, -0.1) is 9.24 Å². The molecule has 0 aliphatic carbocycles. The fraction of sp³-hybridized carbons (Fsp3) is 1.00. The molecule has 0 aromatic carbocycles. The highest BCUT2D eigenvalue weighted by Crippen LogP contribution is 2.14. The number of rotatable bonds is 3. The van der Waals surface area contributed by atoms with Crippen molar-refractivity contribution < 1.29 is 0 Å². The molecule has 3 heteroatoms. The SMILES string of the molecule is CC(P)NC1CCN(C(C)C)CC1. The van der Waals surface area contributed by atoms with Gasteiger partial charge in [0.25, 0.3) is 0 Å². The molecule has 0 amide bonds. The topological polar surface area (TPSA) is 15.3 Å². The quantitative estimate of drug-likeness (QED) is 0.700. The Hall–Kier alpha value is 0.350. The van der Waals surface area contributed by atoms with Crippen molar-refractivity contribution >= 4 is 9.24 Å². The number of piperidine rings is 1. The van der Waals surface area contributed by atoms with Crippen molar-refractivity contribution in [3.8, 4) is 0 Å². The summed E-state index contributed by atoms with van der Waals surface area (Å²) in [5.41, 5.74) is 0. The maximum atomic E-state index is 3.58. The van der Waals surface area contributed by atoms with Crippen LogP contribution >= 0.6 is 9.24 Å². The van der Waals surface area contributed by atoms with Gasteiger partial charge in [0, 0.05) is 17.9 Å². The van der Waals surface area contributed by atoms with E-state index in [1.54, 1.807) is 0 Å². The Labute approximate surface area is 84.7 Å². The van der Waals surface area contributed by atoms with Gasteiger partial charge in [-0.3, -0.25) is 0 Å². The lowest BCUT2D eigenvalue weighted by atomic mass is 10.0. The Balaban J connectivity index is 2.22. The minimum absolute atomic E-state index is 0.551. The average Bonchev–Trinajstić information content (AvgIpc) is 2.04. The molecular weight excluding hydrogens is 179 g/mol. The highest BCUT2D eigenvalue weighted by atomic mass is 31.0. The predicted octanol–water partition coefficient (Wildman–Crippen LogP) is 1.67. The van der Waals surface area contributed by atoms with Gasteiger partial charge in [-0.2, -0.15) is 0 Å². The summed E-state index contributed by atoms with van der Waals surface area (Å²) in [5.74, 6) is 0.551. The van der Waals surface area contributed by atoms with E-state index in [-0.39, 0.29) is 0 Å². The Morgan fingerprint density at radius 2 is 1.77 bits per heavy atom. The normalized spacial score (nSPS) is 23.8. The summed E-state index contributed by atoms with van der Waals surface area (Å²) in [4.78, 5) is 2.56. The van der Waals surface area contributed by atoms with Crippen LogP contribution in [0.4, 0.5) is 0 Å². The molecule has 1 fully saturated rings. The van der Waals surface area contributed by atoms with Crippen molar-refractivity contribution in [2.24, 2.45) is 0 Å². The Bertz CT molecular complexity index is 140. The summed E-state index contributed by atoms with van der Waals surface area (Å²) < 4.78 is 0. The Morgan fingerprint density at radius 3 is 2.15 bits per heavy atom. The maximum Gasteiger partial charge on any atom is 0.0185 e. The first-order valence-electron chi connectivity index (χ1n) is 5.35. The van der Waals surface area contributed by atoms with Gasteiger partial charge < -0.3 is 10.2 Å². The molecule has 13 heavy (non-hydrogen) atoms. The number of nitrogens with zero attached hydrogens (tertiary/aromatic N) is 1. The zero-order chi connectivity index (χ0) is 9.84. The minimum Gasteiger partial charge on any atom is -0.308 e. The highest BCUT2D eigenvalue weighted by Gasteiger charge is 2.20. The van der Waals surface area contributed by atoms with Gasteiger partial charge in [0.15, 0.2) is 0 Å². The predicted molar refractivity (Wildman–Crippen MR) is 62.0 cm³/mol. The summed E-state index contributed by atoms with van der Waals surface area (Å²) in [6.07, 6.45) is 2.60. The molecule has 0 saturated carbocycles. The highest BCUT2D eigenvalue weighted by molar-refractivity contribution is 7.17. The van der Waals surface area contributed by atoms with Crippen LogP contribution in [-0.4, -0.2) is 35.9 Å². The zero-order valence-electron chi connectivity index (χ0n) is 9.09. The van der Waals surface area contributed by atoms with Crippen molar-refractivity contribution in [1.29, 1.82) is 0 Å². The van der Waals surface area contributed by atoms with Gasteiger partial charge in [-0.1, -0.05) is 0 Å². The van der Waals surface area contributed by atoms with E-state index in [0.717, 1.165) is 12.1 Å². The molecule has 0 bridgehead atoms. The molecule has 2 nitrogen and oxygen atoms in total. The van der Waals surface area contributed by atoms with Crippen LogP contribution in [0.3, 0.4) is 0 Å². The van der Waals surface area contributed by atoms with Crippen LogP contribution < -0.4 is 5.32 Å². The third-order valence-corrected chi connectivity index (χ3v) is 2.95. The number of likely N-dealkylation sites (tertiary alicyclic amines) is 1. The molecule has 1 aliphatic heterocycles. The third-order valence-electron chi connectivity index (χ3n) is 2.76. The molecule has 0 aromatic rings. The minimum atomic E-state index is 0.551. The van der Waals surface area contributed by atoms with E-state index in [1.807, 2.05) is 0 Å². The van der Waals surface area contributed by atoms with E-state index in [4.69, 9.17) is 0 Å². The first kappa shape index (κ1) is 11.4. The lowest BCUT2D eigenvalue weighted by molar-refractivity contribution is 0.161. The van der Waals surface area contributed by atoms with Gasteiger partial charge in [-0.25, -0.2) is 0 Å². The van der Waals surface area contributed by atoms with Crippen LogP contribution in [0.2, 0.25) is 0 Å². The van der Waals surface area contributed by atoms with Crippen LogP contribution in [0.15, 0.2) is 0 Å². The number of nitrogens with one attached hydrogen (secondary N) is 1. The average molecular weight is 202 g/mol. The summed E-state index contributed by atoms with van der Waals surface area (Å²) >= 11 is 0. The van der Waals surface area contributed by atoms with Crippen molar-refractivity contribution in [1.82, 2.24) is 10.2 Å². The molecule has 1 aliphatic rings. The molecule has 1 saturated heterocycles. The second-order valence-electron chi connectivity index (χ2n) is 4.36. The van der Waals surface area contributed by atoms with Gasteiger partial charge in [0.2, 0.25) is 0 Å². The van der Waals surface area contributed by atoms with Gasteiger partial charge >= 0.3 is 0 Å². The molecule has 0 radical (unpaired) electrons. The van der Waals surface area contributed by atoms with Gasteiger partial charge in [0.1, 0.15) is 0 Å². The second kappa shape index (κ2) is 5.29. The van der Waals surface area contributed by atoms with E-state index in [2.05, 4.69) is 40.2 Å². The monoisotopic (exact) mass is 202 g/mol. The van der Waals surface area contributed by atoms with Crippen molar-refractivity contribution in [2.75, 3.05) is 13.1 Å². The molecule has 1 heterocycles. The standard InChI is InChI=1S/C10H23N2P/c1-8(2)12-6-4-10(5-7-12)11-9(3)13/h8-11H,4-7,13H2,1-3H3. The second-order valence-corrected chi connectivity index (χ2v) is 5.36. The molecule has 2 atom stereocenters. The van der Waals surface area contributed by atoms with Crippen molar-refractivity contribution in [3.05, 3.63) is 0 Å². The Kier molecular flexibility index (Phi) is 4.64. The van der Waals surface area contributed by atoms with E-state index in [0.29, 0.717) is 5.78 Å². The van der Waals surface area contributed by atoms with Crippen LogP contribution in [0.25, 0.3) is 0 Å². The van der Waals surface area contributed by atoms with Crippen LogP contribution in [0.5, 0.6) is 0 Å². The molecule has 78 valence electrons. The summed E-state index contributed by atoms with van der Waals surface area (Å²) in [5, 5.41) is 3.58.